The molecule has 3 heterocycles. The van der Waals surface area contributed by atoms with Crippen molar-refractivity contribution in [1.82, 2.24) is 20.3 Å². The lowest BCUT2D eigenvalue weighted by molar-refractivity contribution is 0.0459. The lowest BCUT2D eigenvalue weighted by Gasteiger charge is -2.02. The van der Waals surface area contributed by atoms with Crippen LogP contribution in [0.5, 0.6) is 0 Å². The van der Waals surface area contributed by atoms with E-state index in [-0.39, 0.29) is 18.3 Å². The molecule has 5 rings (SSSR count). The molecule has 0 radical (unpaired) electrons. The van der Waals surface area contributed by atoms with Crippen LogP contribution >= 0.6 is 0 Å². The van der Waals surface area contributed by atoms with Crippen LogP contribution in [0.4, 0.5) is 0 Å². The van der Waals surface area contributed by atoms with Crippen LogP contribution < -0.4 is 0 Å². The molecule has 0 spiro atoms. The molecule has 0 fully saturated rings. The molecule has 0 N–H and O–H groups in total. The van der Waals surface area contributed by atoms with Crippen molar-refractivity contribution in [2.45, 2.75) is 13.5 Å². The molecule has 9 heteroatoms. The molecular weight excluding hydrogens is 412 g/mol. The number of nitrogens with zero attached hydrogens (tertiary/aromatic N) is 4. The summed E-state index contributed by atoms with van der Waals surface area (Å²) in [6.07, 6.45) is 1.50. The van der Waals surface area contributed by atoms with Gasteiger partial charge in [0.25, 0.3) is 5.89 Å². The minimum Gasteiger partial charge on any atom is -0.459 e. The monoisotopic (exact) mass is 428 g/mol. The molecule has 0 unspecified atom stereocenters. The van der Waals surface area contributed by atoms with Crippen molar-refractivity contribution in [3.05, 3.63) is 83.9 Å². The van der Waals surface area contributed by atoms with Gasteiger partial charge in [0.2, 0.25) is 17.6 Å². The van der Waals surface area contributed by atoms with Gasteiger partial charge in [-0.2, -0.15) is 4.98 Å². The predicted molar refractivity (Wildman–Crippen MR) is 111 cm³/mol. The molecule has 2 aromatic carbocycles. The van der Waals surface area contributed by atoms with Crippen molar-refractivity contribution in [1.29, 1.82) is 0 Å². The molecule has 0 amide bonds. The first-order chi connectivity index (χ1) is 15.7. The van der Waals surface area contributed by atoms with Crippen molar-refractivity contribution < 1.29 is 22.9 Å². The number of aromatic nitrogens is 4. The van der Waals surface area contributed by atoms with Gasteiger partial charge in [-0.05, 0) is 55.0 Å². The fraction of sp³-hybridized carbons (Fsp3) is 0.0870. The number of rotatable bonds is 6. The van der Waals surface area contributed by atoms with Crippen LogP contribution in [0.1, 0.15) is 21.7 Å². The fourth-order valence-corrected chi connectivity index (χ4v) is 3.04. The SMILES string of the molecule is Cc1ccccc1-c1nnc(-c2ccc(C(=O)OCc3noc(-c4ccco4)n3)cc2)o1. The van der Waals surface area contributed by atoms with E-state index in [2.05, 4.69) is 20.3 Å². The first-order valence-electron chi connectivity index (χ1n) is 9.71. The molecule has 9 nitrogen and oxygen atoms in total. The molecule has 158 valence electrons. The molecule has 0 saturated heterocycles. The topological polar surface area (TPSA) is 117 Å². The quantitative estimate of drug-likeness (QED) is 0.354. The number of carbonyl (C=O) groups excluding carboxylic acids is 1. The summed E-state index contributed by atoms with van der Waals surface area (Å²) in [7, 11) is 0. The van der Waals surface area contributed by atoms with Gasteiger partial charge >= 0.3 is 5.97 Å². The van der Waals surface area contributed by atoms with E-state index in [1.165, 1.54) is 6.26 Å². The highest BCUT2D eigenvalue weighted by molar-refractivity contribution is 5.89. The molecule has 0 aliphatic rings. The highest BCUT2D eigenvalue weighted by Gasteiger charge is 2.15. The number of hydrogen-bond donors (Lipinski definition) is 0. The van der Waals surface area contributed by atoms with Crippen LogP contribution in [0.25, 0.3) is 34.6 Å². The maximum absolute atomic E-state index is 12.3. The third-order valence-electron chi connectivity index (χ3n) is 4.70. The second-order valence-corrected chi connectivity index (χ2v) is 6.87. The number of benzene rings is 2. The normalized spacial score (nSPS) is 10.9. The zero-order valence-electron chi connectivity index (χ0n) is 16.9. The average molecular weight is 428 g/mol. The van der Waals surface area contributed by atoms with E-state index in [9.17, 15) is 4.79 Å². The Morgan fingerprint density at radius 2 is 1.75 bits per heavy atom. The number of ether oxygens (including phenoxy) is 1. The third kappa shape index (κ3) is 3.91. The summed E-state index contributed by atoms with van der Waals surface area (Å²) in [5, 5.41) is 12.0. The maximum Gasteiger partial charge on any atom is 0.338 e. The summed E-state index contributed by atoms with van der Waals surface area (Å²) >= 11 is 0. The second-order valence-electron chi connectivity index (χ2n) is 6.87. The summed E-state index contributed by atoms with van der Waals surface area (Å²) in [6.45, 7) is 1.85. The first kappa shape index (κ1) is 19.4. The van der Waals surface area contributed by atoms with Gasteiger partial charge in [-0.3, -0.25) is 0 Å². The van der Waals surface area contributed by atoms with Gasteiger partial charge in [-0.25, -0.2) is 4.79 Å². The zero-order chi connectivity index (χ0) is 21.9. The van der Waals surface area contributed by atoms with Gasteiger partial charge in [0.05, 0.1) is 11.8 Å². The Bertz CT molecular complexity index is 1350. The molecule has 0 saturated carbocycles. The second kappa shape index (κ2) is 8.31. The van der Waals surface area contributed by atoms with Crippen molar-refractivity contribution in [2.75, 3.05) is 0 Å². The molecule has 0 bridgehead atoms. The molecule has 5 aromatic rings. The largest absolute Gasteiger partial charge is 0.459 e. The van der Waals surface area contributed by atoms with Gasteiger partial charge in [-0.1, -0.05) is 23.4 Å². The number of hydrogen-bond acceptors (Lipinski definition) is 9. The smallest absolute Gasteiger partial charge is 0.338 e. The highest BCUT2D eigenvalue weighted by atomic mass is 16.5. The van der Waals surface area contributed by atoms with Crippen LogP contribution in [0, 0.1) is 6.92 Å². The van der Waals surface area contributed by atoms with E-state index in [1.54, 1.807) is 36.4 Å². The van der Waals surface area contributed by atoms with Gasteiger partial charge in [0, 0.05) is 11.1 Å². The Balaban J connectivity index is 1.24. The lowest BCUT2D eigenvalue weighted by atomic mass is 10.1. The molecule has 32 heavy (non-hydrogen) atoms. The number of carbonyl (C=O) groups is 1. The lowest BCUT2D eigenvalue weighted by Crippen LogP contribution is -2.06. The summed E-state index contributed by atoms with van der Waals surface area (Å²) in [5.41, 5.74) is 2.97. The van der Waals surface area contributed by atoms with Gasteiger partial charge in [0.1, 0.15) is 0 Å². The molecule has 3 aromatic heterocycles. The van der Waals surface area contributed by atoms with Crippen molar-refractivity contribution in [3.8, 4) is 34.6 Å². The maximum atomic E-state index is 12.3. The molecular formula is C23H16N4O5. The van der Waals surface area contributed by atoms with E-state index in [0.717, 1.165) is 11.1 Å². The van der Waals surface area contributed by atoms with Crippen LogP contribution in [-0.4, -0.2) is 26.3 Å². The number of furan rings is 1. The summed E-state index contributed by atoms with van der Waals surface area (Å²) in [6, 6.07) is 17.9. The Hall–Kier alpha value is -4.53. The number of esters is 1. The van der Waals surface area contributed by atoms with Crippen LogP contribution in [0.15, 0.2) is 80.3 Å². The van der Waals surface area contributed by atoms with Crippen molar-refractivity contribution in [2.24, 2.45) is 0 Å². The van der Waals surface area contributed by atoms with Crippen molar-refractivity contribution >= 4 is 5.97 Å². The van der Waals surface area contributed by atoms with Crippen LogP contribution in [0.3, 0.4) is 0 Å². The van der Waals surface area contributed by atoms with E-state index in [4.69, 9.17) is 18.1 Å². The van der Waals surface area contributed by atoms with Crippen molar-refractivity contribution in [3.63, 3.8) is 0 Å². The summed E-state index contributed by atoms with van der Waals surface area (Å²) in [4.78, 5) is 16.5. The summed E-state index contributed by atoms with van der Waals surface area (Å²) in [5.74, 6) is 1.17. The van der Waals surface area contributed by atoms with Crippen LogP contribution in [-0.2, 0) is 11.3 Å². The Kier molecular flexibility index (Phi) is 5.04. The summed E-state index contributed by atoms with van der Waals surface area (Å²) < 4.78 is 21.3. The zero-order valence-corrected chi connectivity index (χ0v) is 16.9. The van der Waals surface area contributed by atoms with E-state index in [1.807, 2.05) is 31.2 Å². The Morgan fingerprint density at radius 3 is 2.53 bits per heavy atom. The van der Waals surface area contributed by atoms with E-state index in [0.29, 0.717) is 28.7 Å². The van der Waals surface area contributed by atoms with E-state index < -0.39 is 5.97 Å². The fourth-order valence-electron chi connectivity index (χ4n) is 3.04. The van der Waals surface area contributed by atoms with E-state index >= 15 is 0 Å². The Morgan fingerprint density at radius 1 is 0.938 bits per heavy atom. The predicted octanol–water partition coefficient (Wildman–Crippen LogP) is 4.71. The van der Waals surface area contributed by atoms with Gasteiger partial charge in [0.15, 0.2) is 12.4 Å². The standard InChI is InChI=1S/C23H16N4O5/c1-14-5-2-3-6-17(14)21-26-25-20(31-21)15-8-10-16(11-9-15)23(28)30-13-19-24-22(32-27-19)18-7-4-12-29-18/h2-12H,13H2,1H3. The number of aryl methyl sites for hydroxylation is 1. The molecule has 0 aliphatic carbocycles. The van der Waals surface area contributed by atoms with Crippen LogP contribution in [0.2, 0.25) is 0 Å². The third-order valence-corrected chi connectivity index (χ3v) is 4.70. The first-order valence-corrected chi connectivity index (χ1v) is 9.71. The minimum atomic E-state index is -0.521. The highest BCUT2D eigenvalue weighted by Crippen LogP contribution is 2.26. The average Bonchev–Trinajstić information content (AvgIpc) is 3.59. The minimum absolute atomic E-state index is 0.131. The molecule has 0 atom stereocenters. The van der Waals surface area contributed by atoms with Gasteiger partial charge in [-0.15, -0.1) is 10.2 Å². The Labute approximate surface area is 181 Å². The molecule has 0 aliphatic heterocycles. The van der Waals surface area contributed by atoms with Gasteiger partial charge < -0.3 is 18.1 Å².